The normalized spacial score (nSPS) is 44.5. The van der Waals surface area contributed by atoms with Crippen LogP contribution in [0.3, 0.4) is 0 Å². The molecule has 6 heteroatoms. The van der Waals surface area contributed by atoms with Crippen molar-refractivity contribution >= 4 is 11.9 Å². The highest BCUT2D eigenvalue weighted by Gasteiger charge is 2.62. The molecular formula is C30H51NO5. The van der Waals surface area contributed by atoms with E-state index in [4.69, 9.17) is 0 Å². The van der Waals surface area contributed by atoms with Gasteiger partial charge in [0.05, 0.1) is 12.2 Å². The van der Waals surface area contributed by atoms with Gasteiger partial charge in [-0.05, 0) is 110 Å². The summed E-state index contributed by atoms with van der Waals surface area (Å²) in [4.78, 5) is 24.3. The van der Waals surface area contributed by atoms with Gasteiger partial charge in [0, 0.05) is 6.42 Å². The van der Waals surface area contributed by atoms with Crippen molar-refractivity contribution in [3.63, 3.8) is 0 Å². The van der Waals surface area contributed by atoms with Crippen LogP contribution in [0.2, 0.25) is 0 Å². The molecule has 6 nitrogen and oxygen atoms in total. The molecule has 4 saturated carbocycles. The molecule has 0 heterocycles. The van der Waals surface area contributed by atoms with E-state index >= 15 is 0 Å². The van der Waals surface area contributed by atoms with Gasteiger partial charge in [-0.1, -0.05) is 41.0 Å². The second-order valence-corrected chi connectivity index (χ2v) is 13.7. The SMILES string of the molecule is CC[C@@H](C)[C@H](NC(=O)CC[C@@H](C)[C@H]1CC[C@H]2[C@@H]3[C@H](O)C[C@@H]4C[C@H](O)CC[C@]4(C)[C@H]3CC[C@]12C)C(=O)O. The number of carbonyl (C=O) groups is 2. The molecule has 4 aliphatic rings. The first kappa shape index (κ1) is 27.9. The van der Waals surface area contributed by atoms with Crippen LogP contribution in [0, 0.1) is 52.3 Å². The van der Waals surface area contributed by atoms with Crippen molar-refractivity contribution in [1.82, 2.24) is 5.32 Å². The zero-order valence-electron chi connectivity index (χ0n) is 23.2. The molecule has 0 aromatic heterocycles. The lowest BCUT2D eigenvalue weighted by Crippen LogP contribution is -2.58. The number of carboxylic acids is 1. The van der Waals surface area contributed by atoms with E-state index in [9.17, 15) is 24.9 Å². The summed E-state index contributed by atoms with van der Waals surface area (Å²) < 4.78 is 0. The Morgan fingerprint density at radius 2 is 1.64 bits per heavy atom. The van der Waals surface area contributed by atoms with Crippen LogP contribution in [0.25, 0.3) is 0 Å². The van der Waals surface area contributed by atoms with Crippen LogP contribution in [-0.4, -0.2) is 45.4 Å². The molecule has 4 aliphatic carbocycles. The summed E-state index contributed by atoms with van der Waals surface area (Å²) in [7, 11) is 0. The van der Waals surface area contributed by atoms with Crippen molar-refractivity contribution in [2.24, 2.45) is 52.3 Å². The Kier molecular flexibility index (Phi) is 8.17. The predicted molar refractivity (Wildman–Crippen MR) is 140 cm³/mol. The van der Waals surface area contributed by atoms with Gasteiger partial charge >= 0.3 is 5.97 Å². The van der Waals surface area contributed by atoms with E-state index in [-0.39, 0.29) is 34.9 Å². The van der Waals surface area contributed by atoms with Crippen molar-refractivity contribution < 1.29 is 24.9 Å². The quantitative estimate of drug-likeness (QED) is 0.371. The Morgan fingerprint density at radius 3 is 2.31 bits per heavy atom. The van der Waals surface area contributed by atoms with Gasteiger partial charge in [-0.25, -0.2) is 4.79 Å². The molecule has 4 N–H and O–H groups in total. The number of hydrogen-bond acceptors (Lipinski definition) is 4. The highest BCUT2D eigenvalue weighted by molar-refractivity contribution is 5.83. The number of fused-ring (bicyclic) bond motifs is 5. The molecule has 0 saturated heterocycles. The van der Waals surface area contributed by atoms with Crippen LogP contribution < -0.4 is 5.32 Å². The van der Waals surface area contributed by atoms with Crippen molar-refractivity contribution in [3.05, 3.63) is 0 Å². The number of nitrogens with one attached hydrogen (secondary N) is 1. The van der Waals surface area contributed by atoms with E-state index in [1.54, 1.807) is 0 Å². The van der Waals surface area contributed by atoms with Crippen molar-refractivity contribution in [3.8, 4) is 0 Å². The summed E-state index contributed by atoms with van der Waals surface area (Å²) in [6.45, 7) is 11.0. The molecule has 1 amide bonds. The van der Waals surface area contributed by atoms with Crippen molar-refractivity contribution in [2.45, 2.75) is 123 Å². The summed E-state index contributed by atoms with van der Waals surface area (Å²) in [5, 5.41) is 34.0. The van der Waals surface area contributed by atoms with Crippen LogP contribution in [0.1, 0.15) is 105 Å². The number of rotatable bonds is 8. The Hall–Kier alpha value is -1.14. The average Bonchev–Trinajstić information content (AvgIpc) is 3.18. The minimum atomic E-state index is -0.955. The first-order valence-corrected chi connectivity index (χ1v) is 14.8. The molecule has 0 aliphatic heterocycles. The summed E-state index contributed by atoms with van der Waals surface area (Å²) in [6, 6.07) is -0.819. The van der Waals surface area contributed by atoms with Crippen molar-refractivity contribution in [2.75, 3.05) is 0 Å². The number of amides is 1. The number of aliphatic hydroxyl groups is 2. The first-order valence-electron chi connectivity index (χ1n) is 14.8. The van der Waals surface area contributed by atoms with Gasteiger partial charge in [-0.3, -0.25) is 4.79 Å². The molecule has 206 valence electrons. The third kappa shape index (κ3) is 4.86. The van der Waals surface area contributed by atoms with Gasteiger partial charge < -0.3 is 20.6 Å². The fourth-order valence-corrected chi connectivity index (χ4v) is 9.66. The molecule has 0 bridgehead atoms. The van der Waals surface area contributed by atoms with E-state index in [2.05, 4.69) is 26.1 Å². The Labute approximate surface area is 218 Å². The largest absolute Gasteiger partial charge is 0.480 e. The number of carbonyl (C=O) groups excluding carboxylic acids is 1. The molecule has 4 rings (SSSR count). The highest BCUT2D eigenvalue weighted by atomic mass is 16.4. The maximum atomic E-state index is 12.7. The third-order valence-electron chi connectivity index (χ3n) is 12.0. The lowest BCUT2D eigenvalue weighted by Gasteiger charge is -2.62. The Balaban J connectivity index is 1.40. The molecule has 0 unspecified atom stereocenters. The molecule has 0 aromatic carbocycles. The standard InChI is InChI=1S/C30H51NO5/c1-6-17(2)27(28(35)36)31-25(34)10-7-18(3)21-8-9-22-26-23(12-14-30(21,22)5)29(4)13-11-20(32)15-19(29)16-24(26)33/h17-24,26-27,32-33H,6-16H2,1-5H3,(H,31,34)(H,35,36)/t17-,18-,19+,20-,21-,22+,23+,24-,26+,27+,29+,30-/m1/s1. The second kappa shape index (κ2) is 10.6. The second-order valence-electron chi connectivity index (χ2n) is 13.7. The summed E-state index contributed by atoms with van der Waals surface area (Å²) >= 11 is 0. The maximum absolute atomic E-state index is 12.7. The van der Waals surface area contributed by atoms with Gasteiger partial charge in [0.2, 0.25) is 5.91 Å². The number of aliphatic hydroxyl groups excluding tert-OH is 2. The monoisotopic (exact) mass is 505 g/mol. The van der Waals surface area contributed by atoms with Gasteiger partial charge in [0.15, 0.2) is 0 Å². The minimum absolute atomic E-state index is 0.0932. The topological polar surface area (TPSA) is 107 Å². The first-order chi connectivity index (χ1) is 16.9. The van der Waals surface area contributed by atoms with E-state index in [0.717, 1.165) is 51.4 Å². The van der Waals surface area contributed by atoms with Crippen LogP contribution in [0.5, 0.6) is 0 Å². The molecular weight excluding hydrogens is 454 g/mol. The third-order valence-corrected chi connectivity index (χ3v) is 12.0. The average molecular weight is 506 g/mol. The Bertz CT molecular complexity index is 817. The minimum Gasteiger partial charge on any atom is -0.480 e. The van der Waals surface area contributed by atoms with Gasteiger partial charge in [-0.15, -0.1) is 0 Å². The molecule has 36 heavy (non-hydrogen) atoms. The van der Waals surface area contributed by atoms with E-state index in [1.165, 1.54) is 6.42 Å². The van der Waals surface area contributed by atoms with Gasteiger partial charge in [0.1, 0.15) is 6.04 Å². The van der Waals surface area contributed by atoms with E-state index in [1.807, 2.05) is 13.8 Å². The van der Waals surface area contributed by atoms with Gasteiger partial charge in [0.25, 0.3) is 0 Å². The molecule has 0 spiro atoms. The Morgan fingerprint density at radius 1 is 0.972 bits per heavy atom. The highest BCUT2D eigenvalue weighted by Crippen LogP contribution is 2.68. The smallest absolute Gasteiger partial charge is 0.326 e. The summed E-state index contributed by atoms with van der Waals surface area (Å²) in [6.07, 6.45) is 9.72. The number of aliphatic carboxylic acids is 1. The molecule has 0 aromatic rings. The molecule has 0 radical (unpaired) electrons. The number of carboxylic acid groups (broad SMARTS) is 1. The fourth-order valence-electron chi connectivity index (χ4n) is 9.66. The van der Waals surface area contributed by atoms with E-state index < -0.39 is 12.0 Å². The van der Waals surface area contributed by atoms with Gasteiger partial charge in [-0.2, -0.15) is 0 Å². The molecule has 4 fully saturated rings. The van der Waals surface area contributed by atoms with Crippen LogP contribution >= 0.6 is 0 Å². The van der Waals surface area contributed by atoms with Crippen LogP contribution in [0.15, 0.2) is 0 Å². The lowest BCUT2D eigenvalue weighted by atomic mass is 9.43. The summed E-state index contributed by atoms with van der Waals surface area (Å²) in [5.74, 6) is 1.58. The van der Waals surface area contributed by atoms with E-state index in [0.29, 0.717) is 48.3 Å². The van der Waals surface area contributed by atoms with Crippen LogP contribution in [-0.2, 0) is 9.59 Å². The summed E-state index contributed by atoms with van der Waals surface area (Å²) in [5.41, 5.74) is 0.429. The van der Waals surface area contributed by atoms with Crippen LogP contribution in [0.4, 0.5) is 0 Å². The molecule has 12 atom stereocenters. The number of hydrogen-bond donors (Lipinski definition) is 4. The maximum Gasteiger partial charge on any atom is 0.326 e. The lowest BCUT2D eigenvalue weighted by molar-refractivity contribution is -0.174. The zero-order valence-corrected chi connectivity index (χ0v) is 23.2. The fraction of sp³-hybridized carbons (Fsp3) is 0.933. The van der Waals surface area contributed by atoms with Crippen molar-refractivity contribution in [1.29, 1.82) is 0 Å². The zero-order chi connectivity index (χ0) is 26.4. The predicted octanol–water partition coefficient (Wildman–Crippen LogP) is 5.01.